The summed E-state index contributed by atoms with van der Waals surface area (Å²) in [5.74, 6) is 2.05. The monoisotopic (exact) mass is 236 g/mol. The first-order valence-corrected chi connectivity index (χ1v) is 7.98. The molecule has 0 heteroatoms. The van der Waals surface area contributed by atoms with E-state index in [0.29, 0.717) is 0 Å². The van der Waals surface area contributed by atoms with Crippen molar-refractivity contribution in [1.82, 2.24) is 0 Å². The van der Waals surface area contributed by atoms with Crippen molar-refractivity contribution in [2.75, 3.05) is 0 Å². The lowest BCUT2D eigenvalue weighted by molar-refractivity contribution is 0.266. The summed E-state index contributed by atoms with van der Waals surface area (Å²) in [4.78, 5) is 0. The van der Waals surface area contributed by atoms with Gasteiger partial charge in [0.2, 0.25) is 0 Å². The molecule has 1 aliphatic carbocycles. The minimum absolute atomic E-state index is 0.998. The van der Waals surface area contributed by atoms with E-state index < -0.39 is 0 Å². The van der Waals surface area contributed by atoms with Crippen LogP contribution in [0.25, 0.3) is 0 Å². The maximum atomic E-state index is 2.43. The van der Waals surface area contributed by atoms with Crippen LogP contribution >= 0.6 is 0 Å². The summed E-state index contributed by atoms with van der Waals surface area (Å²) in [6.07, 6.45) is 20.4. The predicted octanol–water partition coefficient (Wildman–Crippen LogP) is 6.12. The normalized spacial score (nSPS) is 25.5. The van der Waals surface area contributed by atoms with E-state index in [1.54, 1.807) is 0 Å². The second-order valence-corrected chi connectivity index (χ2v) is 6.04. The Bertz CT molecular complexity index is 192. The zero-order valence-corrected chi connectivity index (χ0v) is 12.1. The SMILES string of the molecule is CCCCC/C=C\CCCC1CCCC(C)C1. The summed E-state index contributed by atoms with van der Waals surface area (Å²) >= 11 is 0. The van der Waals surface area contributed by atoms with Gasteiger partial charge >= 0.3 is 0 Å². The maximum Gasteiger partial charge on any atom is -0.0351 e. The fourth-order valence-corrected chi connectivity index (χ4v) is 3.09. The Morgan fingerprint density at radius 1 is 1.00 bits per heavy atom. The van der Waals surface area contributed by atoms with Crippen LogP contribution in [0.2, 0.25) is 0 Å². The van der Waals surface area contributed by atoms with Gasteiger partial charge in [-0.15, -0.1) is 0 Å². The molecule has 1 fully saturated rings. The number of rotatable bonds is 8. The van der Waals surface area contributed by atoms with Crippen molar-refractivity contribution >= 4 is 0 Å². The largest absolute Gasteiger partial charge is 0.0885 e. The first kappa shape index (κ1) is 14.8. The third-order valence-corrected chi connectivity index (χ3v) is 4.17. The second kappa shape index (κ2) is 9.74. The average Bonchev–Trinajstić information content (AvgIpc) is 2.33. The Balaban J connectivity index is 1.92. The second-order valence-electron chi connectivity index (χ2n) is 6.04. The fourth-order valence-electron chi connectivity index (χ4n) is 3.09. The van der Waals surface area contributed by atoms with Gasteiger partial charge in [0.1, 0.15) is 0 Å². The Kier molecular flexibility index (Phi) is 8.48. The molecular weight excluding hydrogens is 204 g/mol. The van der Waals surface area contributed by atoms with Gasteiger partial charge in [0.25, 0.3) is 0 Å². The van der Waals surface area contributed by atoms with E-state index in [2.05, 4.69) is 26.0 Å². The van der Waals surface area contributed by atoms with Crippen LogP contribution in [-0.4, -0.2) is 0 Å². The number of unbranched alkanes of at least 4 members (excludes halogenated alkanes) is 4. The van der Waals surface area contributed by atoms with Gasteiger partial charge in [-0.2, -0.15) is 0 Å². The van der Waals surface area contributed by atoms with Crippen LogP contribution in [0.3, 0.4) is 0 Å². The van der Waals surface area contributed by atoms with Crippen LogP contribution in [0.5, 0.6) is 0 Å². The number of allylic oxidation sites excluding steroid dienone is 2. The van der Waals surface area contributed by atoms with E-state index in [9.17, 15) is 0 Å². The van der Waals surface area contributed by atoms with Crippen LogP contribution in [0.4, 0.5) is 0 Å². The highest BCUT2D eigenvalue weighted by atomic mass is 14.2. The highest BCUT2D eigenvalue weighted by Crippen LogP contribution is 2.31. The zero-order valence-electron chi connectivity index (χ0n) is 12.1. The summed E-state index contributed by atoms with van der Waals surface area (Å²) in [6.45, 7) is 4.70. The number of hydrogen-bond acceptors (Lipinski definition) is 0. The molecule has 17 heavy (non-hydrogen) atoms. The minimum Gasteiger partial charge on any atom is -0.0885 e. The molecule has 0 saturated heterocycles. The first-order chi connectivity index (χ1) is 8.33. The first-order valence-electron chi connectivity index (χ1n) is 7.98. The van der Waals surface area contributed by atoms with Crippen molar-refractivity contribution in [1.29, 1.82) is 0 Å². The lowest BCUT2D eigenvalue weighted by Crippen LogP contribution is -2.12. The summed E-state index contributed by atoms with van der Waals surface area (Å²) < 4.78 is 0. The molecule has 0 aromatic carbocycles. The van der Waals surface area contributed by atoms with Crippen LogP contribution in [-0.2, 0) is 0 Å². The topological polar surface area (TPSA) is 0 Å². The molecule has 0 amide bonds. The Hall–Kier alpha value is -0.260. The highest BCUT2D eigenvalue weighted by Gasteiger charge is 2.17. The average molecular weight is 236 g/mol. The molecule has 1 saturated carbocycles. The molecule has 0 N–H and O–H groups in total. The molecule has 100 valence electrons. The van der Waals surface area contributed by atoms with Crippen molar-refractivity contribution in [3.8, 4) is 0 Å². The lowest BCUT2D eigenvalue weighted by atomic mass is 9.80. The summed E-state index contributed by atoms with van der Waals surface area (Å²) in [5, 5.41) is 0. The molecule has 2 atom stereocenters. The van der Waals surface area contributed by atoms with Gasteiger partial charge in [-0.05, 0) is 43.9 Å². The van der Waals surface area contributed by atoms with E-state index in [1.807, 2.05) is 0 Å². The lowest BCUT2D eigenvalue weighted by Gasteiger charge is -2.26. The van der Waals surface area contributed by atoms with Crippen molar-refractivity contribution in [2.45, 2.75) is 84.5 Å². The third kappa shape index (κ3) is 7.63. The molecule has 0 bridgehead atoms. The molecule has 0 heterocycles. The zero-order chi connectivity index (χ0) is 12.3. The molecule has 1 rings (SSSR count). The van der Waals surface area contributed by atoms with Crippen molar-refractivity contribution < 1.29 is 0 Å². The standard InChI is InChI=1S/C17H32/c1-3-4-5-6-7-8-9-10-13-17-14-11-12-16(2)15-17/h7-8,16-17H,3-6,9-15H2,1-2H3/b8-7-. The van der Waals surface area contributed by atoms with Crippen LogP contribution in [0.1, 0.15) is 84.5 Å². The minimum atomic E-state index is 0.998. The smallest absolute Gasteiger partial charge is 0.0351 e. The van der Waals surface area contributed by atoms with E-state index in [4.69, 9.17) is 0 Å². The van der Waals surface area contributed by atoms with Gasteiger partial charge in [0.05, 0.1) is 0 Å². The Morgan fingerprint density at radius 2 is 1.76 bits per heavy atom. The summed E-state index contributed by atoms with van der Waals surface area (Å²) in [5.41, 5.74) is 0. The Labute approximate surface area is 109 Å². The van der Waals surface area contributed by atoms with Gasteiger partial charge < -0.3 is 0 Å². The van der Waals surface area contributed by atoms with Gasteiger partial charge in [-0.25, -0.2) is 0 Å². The van der Waals surface area contributed by atoms with Crippen LogP contribution in [0, 0.1) is 11.8 Å². The maximum absolute atomic E-state index is 2.43. The molecule has 0 aromatic heterocycles. The molecule has 0 aliphatic heterocycles. The summed E-state index contributed by atoms with van der Waals surface area (Å²) in [6, 6.07) is 0. The molecular formula is C17H32. The predicted molar refractivity (Wildman–Crippen MR) is 78.3 cm³/mol. The van der Waals surface area contributed by atoms with Crippen molar-refractivity contribution in [2.24, 2.45) is 11.8 Å². The number of hydrogen-bond donors (Lipinski definition) is 0. The van der Waals surface area contributed by atoms with Crippen molar-refractivity contribution in [3.63, 3.8) is 0 Å². The third-order valence-electron chi connectivity index (χ3n) is 4.17. The molecule has 0 aromatic rings. The Morgan fingerprint density at radius 3 is 2.47 bits per heavy atom. The molecule has 0 radical (unpaired) electrons. The van der Waals surface area contributed by atoms with Gasteiger partial charge in [-0.1, -0.05) is 64.5 Å². The quantitative estimate of drug-likeness (QED) is 0.352. The van der Waals surface area contributed by atoms with Gasteiger partial charge in [0.15, 0.2) is 0 Å². The van der Waals surface area contributed by atoms with Crippen LogP contribution in [0.15, 0.2) is 12.2 Å². The van der Waals surface area contributed by atoms with E-state index in [-0.39, 0.29) is 0 Å². The molecule has 2 unspecified atom stereocenters. The van der Waals surface area contributed by atoms with E-state index in [0.717, 1.165) is 11.8 Å². The van der Waals surface area contributed by atoms with Crippen LogP contribution < -0.4 is 0 Å². The van der Waals surface area contributed by atoms with Crippen molar-refractivity contribution in [3.05, 3.63) is 12.2 Å². The molecule has 0 nitrogen and oxygen atoms in total. The van der Waals surface area contributed by atoms with E-state index >= 15 is 0 Å². The van der Waals surface area contributed by atoms with Gasteiger partial charge in [0, 0.05) is 0 Å². The molecule has 1 aliphatic rings. The van der Waals surface area contributed by atoms with E-state index in [1.165, 1.54) is 70.6 Å². The van der Waals surface area contributed by atoms with Gasteiger partial charge in [-0.3, -0.25) is 0 Å². The fraction of sp³-hybridized carbons (Fsp3) is 0.882. The highest BCUT2D eigenvalue weighted by molar-refractivity contribution is 4.82. The molecule has 0 spiro atoms. The summed E-state index contributed by atoms with van der Waals surface area (Å²) in [7, 11) is 0.